The van der Waals surface area contributed by atoms with Gasteiger partial charge in [0.25, 0.3) is 5.91 Å². The van der Waals surface area contributed by atoms with Gasteiger partial charge >= 0.3 is 0 Å². The molecule has 2 aromatic carbocycles. The number of morpholine rings is 1. The lowest BCUT2D eigenvalue weighted by Crippen LogP contribution is -2.55. The van der Waals surface area contributed by atoms with Crippen LogP contribution in [0.25, 0.3) is 10.8 Å². The maximum absolute atomic E-state index is 13.9. The van der Waals surface area contributed by atoms with Gasteiger partial charge in [-0.1, -0.05) is 36.9 Å². The third-order valence-corrected chi connectivity index (χ3v) is 9.42. The van der Waals surface area contributed by atoms with Gasteiger partial charge in [-0.2, -0.15) is 10.5 Å². The van der Waals surface area contributed by atoms with E-state index in [2.05, 4.69) is 76.7 Å². The number of carbonyl (C=O) groups excluding carboxylic acids is 1. The van der Waals surface area contributed by atoms with Gasteiger partial charge in [-0.3, -0.25) is 9.69 Å². The summed E-state index contributed by atoms with van der Waals surface area (Å²) in [6.45, 7) is 11.9. The SMILES string of the molecule is C=C(F)C(=O)N1CCN(c2c(C#N)c(OCCCN3CCOCC3)nc3c2CCN(c2cccc4cccc(C)c24)C3)C[C@@H]1CC#N. The summed E-state index contributed by atoms with van der Waals surface area (Å²) in [6.07, 6.45) is 1.46. The van der Waals surface area contributed by atoms with Crippen LogP contribution >= 0.6 is 0 Å². The number of amides is 1. The number of rotatable bonds is 9. The number of ether oxygens (including phenoxy) is 2. The summed E-state index contributed by atoms with van der Waals surface area (Å²) >= 11 is 0. The van der Waals surface area contributed by atoms with Gasteiger partial charge in [-0.15, -0.1) is 0 Å². The van der Waals surface area contributed by atoms with Crippen molar-refractivity contribution in [2.24, 2.45) is 0 Å². The Morgan fingerprint density at radius 1 is 1.11 bits per heavy atom. The van der Waals surface area contributed by atoms with Gasteiger partial charge in [0.15, 0.2) is 5.83 Å². The fourth-order valence-corrected chi connectivity index (χ4v) is 7.11. The van der Waals surface area contributed by atoms with Gasteiger partial charge in [-0.05, 0) is 36.8 Å². The fraction of sp³-hybridized carbons (Fsp3) is 0.444. The third kappa shape index (κ3) is 6.73. The molecule has 0 radical (unpaired) electrons. The second kappa shape index (κ2) is 14.4. The molecule has 0 spiro atoms. The second-order valence-electron chi connectivity index (χ2n) is 12.3. The number of nitrogens with zero attached hydrogens (tertiary/aromatic N) is 7. The van der Waals surface area contributed by atoms with E-state index in [0.717, 1.165) is 68.4 Å². The van der Waals surface area contributed by atoms with E-state index in [-0.39, 0.29) is 19.5 Å². The Hall–Kier alpha value is -4.71. The Kier molecular flexibility index (Phi) is 9.86. The Morgan fingerprint density at radius 2 is 1.89 bits per heavy atom. The number of benzene rings is 2. The molecule has 11 heteroatoms. The first-order chi connectivity index (χ1) is 22.9. The number of halogens is 1. The molecular weight excluding hydrogens is 597 g/mol. The zero-order valence-electron chi connectivity index (χ0n) is 26.9. The molecule has 47 heavy (non-hydrogen) atoms. The smallest absolute Gasteiger partial charge is 0.282 e. The summed E-state index contributed by atoms with van der Waals surface area (Å²) in [4.78, 5) is 25.7. The van der Waals surface area contributed by atoms with Crippen molar-refractivity contribution in [3.8, 4) is 18.0 Å². The normalized spacial score (nSPS) is 18.4. The first kappa shape index (κ1) is 32.2. The van der Waals surface area contributed by atoms with Gasteiger partial charge in [-0.25, -0.2) is 9.37 Å². The average molecular weight is 638 g/mol. The maximum Gasteiger partial charge on any atom is 0.282 e. The number of aryl methyl sites for hydroxylation is 1. The molecule has 0 N–H and O–H groups in total. The van der Waals surface area contributed by atoms with E-state index in [0.29, 0.717) is 37.6 Å². The number of anilines is 2. The highest BCUT2D eigenvalue weighted by molar-refractivity contribution is 5.97. The molecule has 3 aliphatic heterocycles. The molecule has 2 fully saturated rings. The molecule has 1 atom stereocenters. The number of pyridine rings is 1. The number of piperazine rings is 1. The zero-order chi connectivity index (χ0) is 32.9. The van der Waals surface area contributed by atoms with Crippen LogP contribution in [0.1, 0.15) is 35.2 Å². The van der Waals surface area contributed by atoms with Crippen LogP contribution in [-0.2, 0) is 22.5 Å². The van der Waals surface area contributed by atoms with E-state index >= 15 is 0 Å². The molecule has 3 aliphatic rings. The van der Waals surface area contributed by atoms with Gasteiger partial charge in [0.2, 0.25) is 5.88 Å². The van der Waals surface area contributed by atoms with E-state index in [9.17, 15) is 19.7 Å². The maximum atomic E-state index is 13.9. The van der Waals surface area contributed by atoms with E-state index in [1.54, 1.807) is 0 Å². The molecule has 244 valence electrons. The fourth-order valence-electron chi connectivity index (χ4n) is 7.11. The molecule has 6 rings (SSSR count). The number of hydrogen-bond donors (Lipinski definition) is 0. The van der Waals surface area contributed by atoms with Gasteiger partial charge in [0, 0.05) is 62.5 Å². The topological polar surface area (TPSA) is 109 Å². The summed E-state index contributed by atoms with van der Waals surface area (Å²) in [5.41, 5.74) is 5.25. The third-order valence-electron chi connectivity index (χ3n) is 9.42. The lowest BCUT2D eigenvalue weighted by molar-refractivity contribution is -0.131. The largest absolute Gasteiger partial charge is 0.477 e. The van der Waals surface area contributed by atoms with Crippen LogP contribution in [0.4, 0.5) is 15.8 Å². The Balaban J connectivity index is 1.34. The quantitative estimate of drug-likeness (QED) is 0.248. The standard InChI is InChI=1S/C36H40FN7O3/c1-25-6-3-7-27-8-4-9-32(33(25)27)42-14-11-29-31(24-42)40-35(47-19-5-13-41-17-20-46-21-18-41)30(22-39)34(29)43-15-16-44(36(45)26(2)37)28(23-43)10-12-38/h3-4,6-9,28H,2,5,10-11,13-21,23-24H2,1H3/t28-/m0/s1. The van der Waals surface area contributed by atoms with Crippen molar-refractivity contribution in [2.45, 2.75) is 38.8 Å². The highest BCUT2D eigenvalue weighted by atomic mass is 19.1. The van der Waals surface area contributed by atoms with Crippen molar-refractivity contribution in [1.82, 2.24) is 14.8 Å². The highest BCUT2D eigenvalue weighted by Crippen LogP contribution is 2.40. The minimum Gasteiger partial charge on any atom is -0.477 e. The van der Waals surface area contributed by atoms with Crippen molar-refractivity contribution in [3.63, 3.8) is 0 Å². The number of nitriles is 2. The summed E-state index contributed by atoms with van der Waals surface area (Å²) in [7, 11) is 0. The van der Waals surface area contributed by atoms with E-state index in [1.807, 2.05) is 0 Å². The van der Waals surface area contributed by atoms with E-state index in [1.165, 1.54) is 21.2 Å². The summed E-state index contributed by atoms with van der Waals surface area (Å²) in [5, 5.41) is 22.5. The summed E-state index contributed by atoms with van der Waals surface area (Å²) < 4.78 is 25.7. The lowest BCUT2D eigenvalue weighted by Gasteiger charge is -2.43. The lowest BCUT2D eigenvalue weighted by atomic mass is 9.95. The number of fused-ring (bicyclic) bond motifs is 2. The Morgan fingerprint density at radius 3 is 2.64 bits per heavy atom. The average Bonchev–Trinajstić information content (AvgIpc) is 3.09. The van der Waals surface area contributed by atoms with Crippen LogP contribution in [0, 0.1) is 29.6 Å². The summed E-state index contributed by atoms with van der Waals surface area (Å²) in [5.74, 6) is -1.55. The van der Waals surface area contributed by atoms with Gasteiger partial charge < -0.3 is 24.2 Å². The Bertz CT molecular complexity index is 1740. The summed E-state index contributed by atoms with van der Waals surface area (Å²) in [6, 6.07) is 16.7. The molecule has 10 nitrogen and oxygen atoms in total. The predicted molar refractivity (Wildman–Crippen MR) is 178 cm³/mol. The number of hydrogen-bond acceptors (Lipinski definition) is 9. The Labute approximate surface area is 275 Å². The van der Waals surface area contributed by atoms with Crippen LogP contribution in [0.5, 0.6) is 5.88 Å². The van der Waals surface area contributed by atoms with Gasteiger partial charge in [0.1, 0.15) is 11.6 Å². The molecule has 3 aromatic rings. The van der Waals surface area contributed by atoms with Crippen molar-refractivity contribution < 1.29 is 18.7 Å². The zero-order valence-corrected chi connectivity index (χ0v) is 26.9. The molecular formula is C36H40FN7O3. The van der Waals surface area contributed by atoms with Crippen LogP contribution in [0.3, 0.4) is 0 Å². The van der Waals surface area contributed by atoms with Crippen LogP contribution in [0.2, 0.25) is 0 Å². The van der Waals surface area contributed by atoms with Crippen molar-refractivity contribution in [2.75, 3.05) is 75.4 Å². The van der Waals surface area contributed by atoms with Crippen molar-refractivity contribution in [1.29, 1.82) is 10.5 Å². The van der Waals surface area contributed by atoms with Crippen LogP contribution in [0.15, 0.2) is 48.8 Å². The highest BCUT2D eigenvalue weighted by Gasteiger charge is 2.36. The molecule has 0 unspecified atom stereocenters. The van der Waals surface area contributed by atoms with Crippen molar-refractivity contribution >= 4 is 28.1 Å². The minimum atomic E-state index is -1.04. The molecule has 0 saturated carbocycles. The molecule has 2 saturated heterocycles. The predicted octanol–water partition coefficient (Wildman–Crippen LogP) is 4.49. The molecule has 0 aliphatic carbocycles. The number of aromatic nitrogens is 1. The molecule has 0 bridgehead atoms. The van der Waals surface area contributed by atoms with Crippen molar-refractivity contribution in [3.05, 3.63) is 71.2 Å². The monoisotopic (exact) mass is 637 g/mol. The van der Waals surface area contributed by atoms with Crippen LogP contribution < -0.4 is 14.5 Å². The first-order valence-electron chi connectivity index (χ1n) is 16.3. The van der Waals surface area contributed by atoms with Gasteiger partial charge in [0.05, 0.1) is 56.3 Å². The number of carbonyl (C=O) groups is 1. The molecule has 1 aromatic heterocycles. The van der Waals surface area contributed by atoms with Crippen LogP contribution in [-0.4, -0.2) is 92.4 Å². The van der Waals surface area contributed by atoms with E-state index in [4.69, 9.17) is 14.5 Å². The minimum absolute atomic E-state index is 0.0315. The molecule has 4 heterocycles. The first-order valence-corrected chi connectivity index (χ1v) is 16.3. The van der Waals surface area contributed by atoms with E-state index < -0.39 is 17.8 Å². The second-order valence-corrected chi connectivity index (χ2v) is 12.3. The molecule has 1 amide bonds.